The van der Waals surface area contributed by atoms with E-state index in [-0.39, 0.29) is 5.41 Å². The Hall–Kier alpha value is -0.330. The van der Waals surface area contributed by atoms with Gasteiger partial charge in [-0.25, -0.2) is 0 Å². The Balaban J connectivity index is 2.40. The van der Waals surface area contributed by atoms with Gasteiger partial charge in [0, 0.05) is 5.41 Å². The van der Waals surface area contributed by atoms with Crippen molar-refractivity contribution in [3.05, 3.63) is 0 Å². The molecule has 1 nitrogen and oxygen atoms in total. The van der Waals surface area contributed by atoms with Crippen molar-refractivity contribution in [1.82, 2.24) is 0 Å². The molecule has 0 aliphatic heterocycles. The molecule has 14 heavy (non-hydrogen) atoms. The summed E-state index contributed by atoms with van der Waals surface area (Å²) in [5, 5.41) is 0. The Morgan fingerprint density at radius 1 is 1.29 bits per heavy atom. The molecule has 1 rings (SSSR count). The van der Waals surface area contributed by atoms with Crippen LogP contribution >= 0.6 is 0 Å². The zero-order chi connectivity index (χ0) is 10.8. The number of rotatable bonds is 3. The lowest BCUT2D eigenvalue weighted by Crippen LogP contribution is -2.25. The molecule has 1 aliphatic carbocycles. The van der Waals surface area contributed by atoms with Crippen molar-refractivity contribution in [2.45, 2.75) is 59.8 Å². The third kappa shape index (κ3) is 3.43. The summed E-state index contributed by atoms with van der Waals surface area (Å²) in [5.74, 6) is 0.781. The predicted octanol–water partition coefficient (Wildman–Crippen LogP) is 3.82. The highest BCUT2D eigenvalue weighted by molar-refractivity contribution is 5.57. The zero-order valence-corrected chi connectivity index (χ0v) is 10.1. The summed E-state index contributed by atoms with van der Waals surface area (Å²) in [5.41, 5.74) is 0.438. The first kappa shape index (κ1) is 11.7. The molecule has 0 atom stereocenters. The molecule has 0 bridgehead atoms. The molecule has 1 fully saturated rings. The average Bonchev–Trinajstić information content (AvgIpc) is 2.09. The van der Waals surface area contributed by atoms with Crippen LogP contribution in [0.4, 0.5) is 0 Å². The molecule has 0 N–H and O–H groups in total. The van der Waals surface area contributed by atoms with E-state index in [0.717, 1.165) is 18.6 Å². The van der Waals surface area contributed by atoms with Gasteiger partial charge in [0.25, 0.3) is 0 Å². The highest BCUT2D eigenvalue weighted by atomic mass is 16.1. The Morgan fingerprint density at radius 3 is 2.21 bits per heavy atom. The van der Waals surface area contributed by atoms with Crippen molar-refractivity contribution in [1.29, 1.82) is 0 Å². The summed E-state index contributed by atoms with van der Waals surface area (Å²) in [6.45, 7) is 8.82. The third-order valence-corrected chi connectivity index (χ3v) is 3.59. The molecule has 1 saturated carbocycles. The highest BCUT2D eigenvalue weighted by Crippen LogP contribution is 2.41. The van der Waals surface area contributed by atoms with E-state index in [1.807, 2.05) is 0 Å². The molecule has 0 spiro atoms. The first-order valence-corrected chi connectivity index (χ1v) is 5.81. The standard InChI is InChI=1S/C13H24O/c1-12(2)7-5-11(6-8-12)9-13(3,4)10-14/h10-11H,5-9H2,1-4H3. The van der Waals surface area contributed by atoms with Gasteiger partial charge in [-0.2, -0.15) is 0 Å². The lowest BCUT2D eigenvalue weighted by atomic mass is 9.69. The molecular weight excluding hydrogens is 172 g/mol. The van der Waals surface area contributed by atoms with Crippen LogP contribution < -0.4 is 0 Å². The maximum absolute atomic E-state index is 10.8. The van der Waals surface area contributed by atoms with Gasteiger partial charge in [0.1, 0.15) is 6.29 Å². The lowest BCUT2D eigenvalue weighted by Gasteiger charge is -2.36. The average molecular weight is 196 g/mol. The van der Waals surface area contributed by atoms with Crippen LogP contribution in [0.25, 0.3) is 0 Å². The third-order valence-electron chi connectivity index (χ3n) is 3.59. The van der Waals surface area contributed by atoms with E-state index in [0.29, 0.717) is 5.41 Å². The van der Waals surface area contributed by atoms with Gasteiger partial charge in [-0.3, -0.25) is 0 Å². The fourth-order valence-corrected chi connectivity index (χ4v) is 2.46. The monoisotopic (exact) mass is 196 g/mol. The van der Waals surface area contributed by atoms with Crippen LogP contribution in [-0.4, -0.2) is 6.29 Å². The minimum absolute atomic E-state index is 0.105. The van der Waals surface area contributed by atoms with Crippen molar-refractivity contribution in [3.63, 3.8) is 0 Å². The summed E-state index contributed by atoms with van der Waals surface area (Å²) < 4.78 is 0. The van der Waals surface area contributed by atoms with E-state index in [1.165, 1.54) is 25.7 Å². The van der Waals surface area contributed by atoms with Gasteiger partial charge in [0.05, 0.1) is 0 Å². The SMILES string of the molecule is CC(C)(C=O)CC1CCC(C)(C)CC1. The van der Waals surface area contributed by atoms with Gasteiger partial charge >= 0.3 is 0 Å². The van der Waals surface area contributed by atoms with Crippen molar-refractivity contribution in [3.8, 4) is 0 Å². The number of aldehydes is 1. The fraction of sp³-hybridized carbons (Fsp3) is 0.923. The van der Waals surface area contributed by atoms with Crippen LogP contribution in [0.5, 0.6) is 0 Å². The van der Waals surface area contributed by atoms with Gasteiger partial charge in [0.2, 0.25) is 0 Å². The molecule has 0 heterocycles. The second kappa shape index (κ2) is 4.04. The first-order valence-electron chi connectivity index (χ1n) is 5.81. The van der Waals surface area contributed by atoms with Crippen LogP contribution in [-0.2, 0) is 4.79 Å². The van der Waals surface area contributed by atoms with Crippen LogP contribution in [0.15, 0.2) is 0 Å². The van der Waals surface area contributed by atoms with E-state index >= 15 is 0 Å². The molecule has 0 aromatic carbocycles. The quantitative estimate of drug-likeness (QED) is 0.627. The summed E-state index contributed by atoms with van der Waals surface area (Å²) >= 11 is 0. The lowest BCUT2D eigenvalue weighted by molar-refractivity contribution is -0.115. The van der Waals surface area contributed by atoms with Gasteiger partial charge in [-0.15, -0.1) is 0 Å². The second-order valence-corrected chi connectivity index (χ2v) is 6.42. The van der Waals surface area contributed by atoms with Gasteiger partial charge in [0.15, 0.2) is 0 Å². The Kier molecular flexibility index (Phi) is 3.39. The number of hydrogen-bond acceptors (Lipinski definition) is 1. The number of carbonyl (C=O) groups excluding carboxylic acids is 1. The molecule has 0 aromatic heterocycles. The molecule has 0 amide bonds. The second-order valence-electron chi connectivity index (χ2n) is 6.42. The van der Waals surface area contributed by atoms with E-state index in [9.17, 15) is 4.79 Å². The van der Waals surface area contributed by atoms with Crippen LogP contribution in [0.3, 0.4) is 0 Å². The molecule has 1 aliphatic rings. The maximum Gasteiger partial charge on any atom is 0.125 e. The van der Waals surface area contributed by atoms with Crippen molar-refractivity contribution >= 4 is 6.29 Å². The van der Waals surface area contributed by atoms with Crippen molar-refractivity contribution < 1.29 is 4.79 Å². The summed E-state index contributed by atoms with van der Waals surface area (Å²) in [7, 11) is 0. The smallest absolute Gasteiger partial charge is 0.125 e. The highest BCUT2D eigenvalue weighted by Gasteiger charge is 2.30. The van der Waals surface area contributed by atoms with Gasteiger partial charge in [-0.1, -0.05) is 27.7 Å². The van der Waals surface area contributed by atoms with E-state index in [4.69, 9.17) is 0 Å². The van der Waals surface area contributed by atoms with Gasteiger partial charge in [-0.05, 0) is 43.4 Å². The predicted molar refractivity (Wildman–Crippen MR) is 60.2 cm³/mol. The first-order chi connectivity index (χ1) is 6.35. The van der Waals surface area contributed by atoms with E-state index < -0.39 is 0 Å². The molecule has 0 unspecified atom stereocenters. The number of carbonyl (C=O) groups is 1. The minimum Gasteiger partial charge on any atom is -0.303 e. The summed E-state index contributed by atoms with van der Waals surface area (Å²) in [6, 6.07) is 0. The molecule has 0 saturated heterocycles. The van der Waals surface area contributed by atoms with Crippen LogP contribution in [0.2, 0.25) is 0 Å². The molecular formula is C13H24O. The zero-order valence-electron chi connectivity index (χ0n) is 10.1. The number of hydrogen-bond donors (Lipinski definition) is 0. The minimum atomic E-state index is -0.105. The Bertz CT molecular complexity index is 193. The Labute approximate surface area is 88.3 Å². The normalized spacial score (nSPS) is 23.4. The maximum atomic E-state index is 10.8. The molecule has 82 valence electrons. The molecule has 0 aromatic rings. The fourth-order valence-electron chi connectivity index (χ4n) is 2.46. The van der Waals surface area contributed by atoms with Crippen LogP contribution in [0, 0.1) is 16.7 Å². The topological polar surface area (TPSA) is 17.1 Å². The van der Waals surface area contributed by atoms with Gasteiger partial charge < -0.3 is 4.79 Å². The van der Waals surface area contributed by atoms with Crippen molar-refractivity contribution in [2.75, 3.05) is 0 Å². The van der Waals surface area contributed by atoms with E-state index in [1.54, 1.807) is 0 Å². The summed E-state index contributed by atoms with van der Waals surface area (Å²) in [4.78, 5) is 10.8. The largest absolute Gasteiger partial charge is 0.303 e. The Morgan fingerprint density at radius 2 is 1.79 bits per heavy atom. The van der Waals surface area contributed by atoms with E-state index in [2.05, 4.69) is 27.7 Å². The molecule has 0 radical (unpaired) electrons. The molecule has 1 heteroatoms. The van der Waals surface area contributed by atoms with Crippen LogP contribution in [0.1, 0.15) is 59.8 Å². The summed E-state index contributed by atoms with van der Waals surface area (Å²) in [6.07, 6.45) is 7.47. The van der Waals surface area contributed by atoms with Crippen molar-refractivity contribution in [2.24, 2.45) is 16.7 Å².